The monoisotopic (exact) mass is 286 g/mol. The summed E-state index contributed by atoms with van der Waals surface area (Å²) >= 11 is 0. The van der Waals surface area contributed by atoms with Crippen molar-refractivity contribution < 1.29 is 23.7 Å². The fourth-order valence-electron chi connectivity index (χ4n) is 3.13. The van der Waals surface area contributed by atoms with E-state index in [4.69, 9.17) is 29.2 Å². The second-order valence-electron chi connectivity index (χ2n) is 6.24. The Labute approximate surface area is 117 Å². The van der Waals surface area contributed by atoms with Crippen molar-refractivity contribution in [1.29, 1.82) is 0 Å². The van der Waals surface area contributed by atoms with Gasteiger partial charge >= 0.3 is 0 Å². The minimum absolute atomic E-state index is 0.157. The summed E-state index contributed by atoms with van der Waals surface area (Å²) in [6.07, 6.45) is -0.958. The van der Waals surface area contributed by atoms with Gasteiger partial charge in [0.25, 0.3) is 0 Å². The Balaban J connectivity index is 1.87. The highest BCUT2D eigenvalue weighted by atomic mass is 16.9. The summed E-state index contributed by atoms with van der Waals surface area (Å²) in [4.78, 5) is 0. The van der Waals surface area contributed by atoms with E-state index in [9.17, 15) is 0 Å². The first-order chi connectivity index (χ1) is 9.27. The second-order valence-corrected chi connectivity index (χ2v) is 6.24. The first-order valence-corrected chi connectivity index (χ1v) is 6.71. The SMILES string of the molecule is CC1(C)O[C@@H]2[C@H](CO[C@@]3(CNN=[N-])OC(C)(C)O[C@H]23)O1. The van der Waals surface area contributed by atoms with Crippen LogP contribution in [0.5, 0.6) is 0 Å². The lowest BCUT2D eigenvalue weighted by Crippen LogP contribution is -2.61. The first-order valence-electron chi connectivity index (χ1n) is 6.71. The Morgan fingerprint density at radius 3 is 2.60 bits per heavy atom. The zero-order valence-electron chi connectivity index (χ0n) is 12.1. The molecule has 8 heteroatoms. The molecule has 3 heterocycles. The molecule has 3 saturated heterocycles. The van der Waals surface area contributed by atoms with Crippen LogP contribution in [0.1, 0.15) is 27.7 Å². The lowest BCUT2D eigenvalue weighted by molar-refractivity contribution is -0.277. The Kier molecular flexibility index (Phi) is 3.07. The van der Waals surface area contributed by atoms with Crippen LogP contribution in [0.3, 0.4) is 0 Å². The maximum Gasteiger partial charge on any atom is 0.201 e. The summed E-state index contributed by atoms with van der Waals surface area (Å²) < 4.78 is 29.4. The van der Waals surface area contributed by atoms with Crippen LogP contribution in [-0.2, 0) is 23.7 Å². The van der Waals surface area contributed by atoms with Gasteiger partial charge in [0.2, 0.25) is 5.79 Å². The lowest BCUT2D eigenvalue weighted by atomic mass is 9.97. The molecule has 4 atom stereocenters. The Bertz CT molecular complexity index is 416. The molecule has 3 fully saturated rings. The molecule has 0 bridgehead atoms. The lowest BCUT2D eigenvalue weighted by Gasteiger charge is -2.41. The van der Waals surface area contributed by atoms with Crippen molar-refractivity contribution in [2.75, 3.05) is 13.2 Å². The molecule has 0 saturated carbocycles. The highest BCUT2D eigenvalue weighted by Crippen LogP contribution is 2.47. The number of ether oxygens (including phenoxy) is 5. The predicted molar refractivity (Wildman–Crippen MR) is 66.3 cm³/mol. The fraction of sp³-hybridized carbons (Fsp3) is 1.00. The average Bonchev–Trinajstić information content (AvgIpc) is 2.78. The third-order valence-corrected chi connectivity index (χ3v) is 3.67. The number of nitrogens with zero attached hydrogens (tertiary/aromatic N) is 2. The molecule has 0 amide bonds. The maximum atomic E-state index is 8.62. The molecular weight excluding hydrogens is 266 g/mol. The number of hydrogen-bond donors (Lipinski definition) is 1. The molecule has 0 spiro atoms. The molecule has 0 aromatic rings. The van der Waals surface area contributed by atoms with Crippen LogP contribution < -0.4 is 5.43 Å². The molecule has 0 unspecified atom stereocenters. The molecule has 1 N–H and O–H groups in total. The van der Waals surface area contributed by atoms with E-state index in [1.54, 1.807) is 0 Å². The molecule has 114 valence electrons. The largest absolute Gasteiger partial charge is 0.409 e. The summed E-state index contributed by atoms with van der Waals surface area (Å²) in [7, 11) is 0. The summed E-state index contributed by atoms with van der Waals surface area (Å²) in [5.74, 6) is -2.55. The molecular formula is C12H20N3O5-. The third kappa shape index (κ3) is 2.21. The maximum absolute atomic E-state index is 8.62. The molecule has 20 heavy (non-hydrogen) atoms. The number of fused-ring (bicyclic) bond motifs is 3. The van der Waals surface area contributed by atoms with Crippen LogP contribution in [0.25, 0.3) is 5.53 Å². The highest BCUT2D eigenvalue weighted by molar-refractivity contribution is 5.03. The van der Waals surface area contributed by atoms with Gasteiger partial charge in [-0.3, -0.25) is 5.22 Å². The van der Waals surface area contributed by atoms with Crippen molar-refractivity contribution in [2.45, 2.75) is 63.4 Å². The molecule has 0 aromatic carbocycles. The van der Waals surface area contributed by atoms with Crippen molar-refractivity contribution in [3.8, 4) is 0 Å². The summed E-state index contributed by atoms with van der Waals surface area (Å²) in [6.45, 7) is 7.82. The van der Waals surface area contributed by atoms with Crippen LogP contribution in [0.4, 0.5) is 0 Å². The topological polar surface area (TPSA) is 92.8 Å². The molecule has 3 aliphatic heterocycles. The van der Waals surface area contributed by atoms with Crippen molar-refractivity contribution in [2.24, 2.45) is 5.22 Å². The van der Waals surface area contributed by atoms with Gasteiger partial charge in [-0.1, -0.05) is 0 Å². The van der Waals surface area contributed by atoms with Crippen molar-refractivity contribution >= 4 is 0 Å². The van der Waals surface area contributed by atoms with Crippen LogP contribution in [0.2, 0.25) is 0 Å². The minimum atomic E-state index is -1.05. The Morgan fingerprint density at radius 1 is 1.15 bits per heavy atom. The van der Waals surface area contributed by atoms with E-state index in [1.807, 2.05) is 27.7 Å². The number of hydrogen-bond acceptors (Lipinski definition) is 6. The van der Waals surface area contributed by atoms with E-state index in [0.29, 0.717) is 6.61 Å². The second kappa shape index (κ2) is 4.35. The molecule has 3 rings (SSSR count). The van der Waals surface area contributed by atoms with Crippen LogP contribution in [0, 0.1) is 0 Å². The smallest absolute Gasteiger partial charge is 0.201 e. The molecule has 0 aromatic heterocycles. The molecule has 0 aliphatic carbocycles. The summed E-state index contributed by atoms with van der Waals surface area (Å²) in [5.41, 5.74) is 11.1. The summed E-state index contributed by atoms with van der Waals surface area (Å²) in [6, 6.07) is 0. The van der Waals surface area contributed by atoms with Gasteiger partial charge in [-0.2, -0.15) is 0 Å². The van der Waals surface area contributed by atoms with Crippen LogP contribution in [-0.4, -0.2) is 48.8 Å². The zero-order valence-corrected chi connectivity index (χ0v) is 12.1. The first kappa shape index (κ1) is 14.2. The van der Waals surface area contributed by atoms with Crippen molar-refractivity contribution in [3.63, 3.8) is 0 Å². The number of rotatable bonds is 3. The van der Waals surface area contributed by atoms with Crippen molar-refractivity contribution in [3.05, 3.63) is 5.53 Å². The van der Waals surface area contributed by atoms with Gasteiger partial charge in [-0.25, -0.2) is 0 Å². The average molecular weight is 286 g/mol. The van der Waals surface area contributed by atoms with E-state index in [1.165, 1.54) is 0 Å². The predicted octanol–water partition coefficient (Wildman–Crippen LogP) is 0.911. The van der Waals surface area contributed by atoms with Crippen LogP contribution >= 0.6 is 0 Å². The van der Waals surface area contributed by atoms with Gasteiger partial charge in [0.05, 0.1) is 6.61 Å². The van der Waals surface area contributed by atoms with Gasteiger partial charge in [0.1, 0.15) is 18.3 Å². The minimum Gasteiger partial charge on any atom is -0.409 e. The normalized spacial score (nSPS) is 44.7. The zero-order chi connectivity index (χ0) is 14.6. The molecule has 8 nitrogen and oxygen atoms in total. The molecule has 3 aliphatic rings. The van der Waals surface area contributed by atoms with E-state index >= 15 is 0 Å². The Hall–Kier alpha value is -0.800. The van der Waals surface area contributed by atoms with E-state index in [0.717, 1.165) is 0 Å². The van der Waals surface area contributed by atoms with Gasteiger partial charge in [-0.05, 0) is 27.7 Å². The quantitative estimate of drug-likeness (QED) is 0.612. The third-order valence-electron chi connectivity index (χ3n) is 3.67. The van der Waals surface area contributed by atoms with E-state index < -0.39 is 23.5 Å². The van der Waals surface area contributed by atoms with Gasteiger partial charge < -0.3 is 34.6 Å². The van der Waals surface area contributed by atoms with Gasteiger partial charge in [-0.15, -0.1) is 0 Å². The number of nitrogens with one attached hydrogen (secondary N) is 1. The standard InChI is InChI=1S/C12H20N3O5/c1-10(2)17-7-5-16-12(6-14-15-13)9(8(7)18-10)19-11(3,4)20-12/h7-9H,5-6H2,1-4H3,(H-,13,14)/q-1/t7-,8+,9+,12-/m0/s1. The van der Waals surface area contributed by atoms with Crippen LogP contribution in [0.15, 0.2) is 5.22 Å². The van der Waals surface area contributed by atoms with Gasteiger partial charge in [0.15, 0.2) is 11.6 Å². The summed E-state index contributed by atoms with van der Waals surface area (Å²) in [5, 5.41) is 2.91. The van der Waals surface area contributed by atoms with Gasteiger partial charge in [0, 0.05) is 6.54 Å². The van der Waals surface area contributed by atoms with E-state index in [-0.39, 0.29) is 18.8 Å². The van der Waals surface area contributed by atoms with Crippen molar-refractivity contribution in [1.82, 2.24) is 5.43 Å². The Morgan fingerprint density at radius 2 is 1.90 bits per heavy atom. The highest BCUT2D eigenvalue weighted by Gasteiger charge is 2.64. The van der Waals surface area contributed by atoms with E-state index in [2.05, 4.69) is 10.6 Å². The molecule has 0 radical (unpaired) electrons. The fourth-order valence-corrected chi connectivity index (χ4v) is 3.13.